The van der Waals surface area contributed by atoms with E-state index in [1.165, 1.54) is 18.0 Å². The van der Waals surface area contributed by atoms with Crippen molar-refractivity contribution in [3.05, 3.63) is 29.3 Å². The fourth-order valence-electron chi connectivity index (χ4n) is 3.02. The Bertz CT molecular complexity index is 711. The van der Waals surface area contributed by atoms with Gasteiger partial charge in [-0.1, -0.05) is 12.1 Å². The van der Waals surface area contributed by atoms with Crippen LogP contribution >= 0.6 is 24.0 Å². The van der Waals surface area contributed by atoms with Crippen molar-refractivity contribution in [3.63, 3.8) is 0 Å². The zero-order valence-electron chi connectivity index (χ0n) is 16.5. The number of alkyl halides is 6. The van der Waals surface area contributed by atoms with Crippen molar-refractivity contribution in [2.45, 2.75) is 38.3 Å². The predicted octanol–water partition coefficient (Wildman–Crippen LogP) is 3.86. The minimum absolute atomic E-state index is 0. The van der Waals surface area contributed by atoms with Crippen LogP contribution in [0.25, 0.3) is 0 Å². The van der Waals surface area contributed by atoms with E-state index in [2.05, 4.69) is 15.6 Å². The van der Waals surface area contributed by atoms with E-state index in [1.807, 2.05) is 0 Å². The molecule has 0 spiro atoms. The van der Waals surface area contributed by atoms with Gasteiger partial charge >= 0.3 is 12.4 Å². The summed E-state index contributed by atoms with van der Waals surface area (Å²) in [5.41, 5.74) is 1.26. The summed E-state index contributed by atoms with van der Waals surface area (Å²) in [4.78, 5) is 5.35. The van der Waals surface area contributed by atoms with Gasteiger partial charge in [0.15, 0.2) is 12.6 Å². The maximum atomic E-state index is 12.5. The molecule has 2 rings (SSSR count). The maximum absolute atomic E-state index is 12.5. The number of aliphatic imine (C=N–C) groups is 1. The topological polar surface area (TPSA) is 48.9 Å². The van der Waals surface area contributed by atoms with Crippen LogP contribution in [0.2, 0.25) is 0 Å². The molecule has 1 atom stereocenters. The number of hydrogen-bond donors (Lipinski definition) is 2. The Balaban J connectivity index is 0.00000450. The second-order valence-corrected chi connectivity index (χ2v) is 6.92. The highest BCUT2D eigenvalue weighted by molar-refractivity contribution is 14.0. The number of likely N-dealkylation sites (tertiary alicyclic amines) is 1. The van der Waals surface area contributed by atoms with Gasteiger partial charge in [-0.15, -0.1) is 24.0 Å². The van der Waals surface area contributed by atoms with Gasteiger partial charge in [-0.05, 0) is 25.0 Å². The van der Waals surface area contributed by atoms with Crippen molar-refractivity contribution in [1.29, 1.82) is 0 Å². The summed E-state index contributed by atoms with van der Waals surface area (Å²) in [6.45, 7) is 0.0807. The summed E-state index contributed by atoms with van der Waals surface area (Å²) >= 11 is 0. The van der Waals surface area contributed by atoms with Crippen LogP contribution in [0.1, 0.15) is 17.5 Å². The van der Waals surface area contributed by atoms with Crippen LogP contribution in [0.4, 0.5) is 26.3 Å². The smallest absolute Gasteiger partial charge is 0.422 e. The van der Waals surface area contributed by atoms with E-state index in [9.17, 15) is 26.3 Å². The molecule has 0 bridgehead atoms. The van der Waals surface area contributed by atoms with Crippen LogP contribution < -0.4 is 15.4 Å². The maximum Gasteiger partial charge on any atom is 0.422 e. The molecule has 1 aliphatic rings. The number of nitrogens with one attached hydrogen (secondary N) is 2. The van der Waals surface area contributed by atoms with Gasteiger partial charge in [0.05, 0.1) is 6.54 Å². The molecule has 1 aromatic carbocycles. The lowest BCUT2D eigenvalue weighted by Gasteiger charge is -2.20. The first-order valence-corrected chi connectivity index (χ1v) is 9.00. The number of hydrogen-bond acceptors (Lipinski definition) is 3. The standard InChI is InChI=1S/C18H24F6N4O.HI/c1-12-3-4-13(15(7-12)29-11-18(22,23)24)8-26-16(25-2)27-14-5-6-28(9-14)10-17(19,20)21;/h3-4,7,14H,5-6,8-11H2,1-2H3,(H2,25,26,27);1H. The third-order valence-corrected chi connectivity index (χ3v) is 4.30. The number of ether oxygens (including phenoxy) is 1. The largest absolute Gasteiger partial charge is 0.484 e. The van der Waals surface area contributed by atoms with E-state index in [0.29, 0.717) is 24.5 Å². The molecule has 2 N–H and O–H groups in total. The first-order chi connectivity index (χ1) is 13.4. The summed E-state index contributed by atoms with van der Waals surface area (Å²) in [7, 11) is 1.51. The first-order valence-electron chi connectivity index (χ1n) is 9.00. The molecule has 30 heavy (non-hydrogen) atoms. The van der Waals surface area contributed by atoms with E-state index in [0.717, 1.165) is 5.56 Å². The van der Waals surface area contributed by atoms with Crippen LogP contribution in [0.5, 0.6) is 5.75 Å². The van der Waals surface area contributed by atoms with Crippen molar-refractivity contribution in [3.8, 4) is 5.75 Å². The average molecular weight is 554 g/mol. The van der Waals surface area contributed by atoms with Gasteiger partial charge in [0.1, 0.15) is 5.75 Å². The number of rotatable bonds is 6. The van der Waals surface area contributed by atoms with Crippen molar-refractivity contribution in [1.82, 2.24) is 15.5 Å². The van der Waals surface area contributed by atoms with Gasteiger partial charge in [-0.3, -0.25) is 9.89 Å². The Morgan fingerprint density at radius 1 is 1.20 bits per heavy atom. The van der Waals surface area contributed by atoms with E-state index >= 15 is 0 Å². The van der Waals surface area contributed by atoms with E-state index in [4.69, 9.17) is 4.74 Å². The summed E-state index contributed by atoms with van der Waals surface area (Å²) in [5, 5.41) is 6.02. The molecule has 1 fully saturated rings. The number of aryl methyl sites for hydroxylation is 1. The molecule has 0 saturated carbocycles. The van der Waals surface area contributed by atoms with Crippen molar-refractivity contribution >= 4 is 29.9 Å². The zero-order valence-corrected chi connectivity index (χ0v) is 18.9. The quantitative estimate of drug-likeness (QED) is 0.243. The van der Waals surface area contributed by atoms with Crippen LogP contribution in [-0.2, 0) is 6.54 Å². The van der Waals surface area contributed by atoms with E-state index < -0.39 is 25.5 Å². The van der Waals surface area contributed by atoms with Gasteiger partial charge < -0.3 is 15.4 Å². The molecular weight excluding hydrogens is 529 g/mol. The van der Waals surface area contributed by atoms with Crippen molar-refractivity contribution in [2.75, 3.05) is 33.3 Å². The molecule has 1 saturated heterocycles. The van der Waals surface area contributed by atoms with Crippen LogP contribution in [0, 0.1) is 6.92 Å². The lowest BCUT2D eigenvalue weighted by Crippen LogP contribution is -2.45. The second kappa shape index (κ2) is 11.3. The molecule has 0 aliphatic carbocycles. The van der Waals surface area contributed by atoms with Crippen LogP contribution in [0.15, 0.2) is 23.2 Å². The fraction of sp³-hybridized carbons (Fsp3) is 0.611. The number of guanidine groups is 1. The monoisotopic (exact) mass is 554 g/mol. The molecule has 5 nitrogen and oxygen atoms in total. The second-order valence-electron chi connectivity index (χ2n) is 6.92. The third-order valence-electron chi connectivity index (χ3n) is 4.30. The molecule has 172 valence electrons. The molecule has 1 aliphatic heterocycles. The van der Waals surface area contributed by atoms with Crippen molar-refractivity contribution < 1.29 is 31.1 Å². The lowest BCUT2D eigenvalue weighted by molar-refractivity contribution is -0.153. The van der Waals surface area contributed by atoms with Gasteiger partial charge in [-0.2, -0.15) is 26.3 Å². The molecule has 0 radical (unpaired) electrons. The minimum Gasteiger partial charge on any atom is -0.484 e. The SMILES string of the molecule is CN=C(NCc1ccc(C)cc1OCC(F)(F)F)NC1CCN(CC(F)(F)F)C1.I. The molecular formula is C18H25F6IN4O. The molecule has 0 aromatic heterocycles. The molecule has 0 amide bonds. The Kier molecular flexibility index (Phi) is 9.98. The summed E-state index contributed by atoms with van der Waals surface area (Å²) in [6.07, 6.45) is -8.16. The Hall–Kier alpha value is -1.44. The highest BCUT2D eigenvalue weighted by Crippen LogP contribution is 2.24. The molecule has 1 unspecified atom stereocenters. The van der Waals surface area contributed by atoms with E-state index in [-0.39, 0.29) is 48.9 Å². The fourth-order valence-corrected chi connectivity index (χ4v) is 3.02. The van der Waals surface area contributed by atoms with Gasteiger partial charge in [0, 0.05) is 38.3 Å². The average Bonchev–Trinajstić information content (AvgIpc) is 3.02. The Morgan fingerprint density at radius 3 is 2.50 bits per heavy atom. The minimum atomic E-state index is -4.45. The normalized spacial score (nSPS) is 18.1. The number of benzene rings is 1. The third kappa shape index (κ3) is 9.58. The number of halogens is 7. The van der Waals surface area contributed by atoms with Gasteiger partial charge in [0.2, 0.25) is 0 Å². The zero-order chi connectivity index (χ0) is 21.7. The van der Waals surface area contributed by atoms with Crippen molar-refractivity contribution in [2.24, 2.45) is 4.99 Å². The molecule has 1 aromatic rings. The summed E-state index contributed by atoms with van der Waals surface area (Å²) in [5.74, 6) is 0.466. The highest BCUT2D eigenvalue weighted by Gasteiger charge is 2.34. The van der Waals surface area contributed by atoms with E-state index in [1.54, 1.807) is 19.1 Å². The van der Waals surface area contributed by atoms with Crippen LogP contribution in [-0.4, -0.2) is 62.5 Å². The summed E-state index contributed by atoms with van der Waals surface area (Å²) < 4.78 is 79.8. The lowest BCUT2D eigenvalue weighted by atomic mass is 10.1. The van der Waals surface area contributed by atoms with Gasteiger partial charge in [-0.25, -0.2) is 0 Å². The molecule has 12 heteroatoms. The molecule has 1 heterocycles. The van der Waals surface area contributed by atoms with Crippen LogP contribution in [0.3, 0.4) is 0 Å². The Morgan fingerprint density at radius 2 is 1.90 bits per heavy atom. The highest BCUT2D eigenvalue weighted by atomic mass is 127. The van der Waals surface area contributed by atoms with Gasteiger partial charge in [0.25, 0.3) is 0 Å². The summed E-state index contributed by atoms with van der Waals surface area (Å²) in [6, 6.07) is 4.72. The Labute approximate surface area is 188 Å². The number of nitrogens with zero attached hydrogens (tertiary/aromatic N) is 2. The first kappa shape index (κ1) is 26.6. The predicted molar refractivity (Wildman–Crippen MR) is 112 cm³/mol.